The molecule has 2 rings (SSSR count). The summed E-state index contributed by atoms with van der Waals surface area (Å²) in [5, 5.41) is 3.84. The van der Waals surface area contributed by atoms with E-state index in [4.69, 9.17) is 16.3 Å². The van der Waals surface area contributed by atoms with E-state index in [-0.39, 0.29) is 12.4 Å². The predicted octanol–water partition coefficient (Wildman–Crippen LogP) is 4.11. The van der Waals surface area contributed by atoms with Crippen molar-refractivity contribution in [2.24, 2.45) is 0 Å². The largest absolute Gasteiger partial charge is 0.382 e. The standard InChI is InChI=1S/C15H15ClFNO/c16-13-6-2-4-8-15(13)18-9-10-19-11-12-5-1-3-7-14(12)17/h1-8,18H,9-11H2. The Morgan fingerprint density at radius 1 is 1.05 bits per heavy atom. The van der Waals surface area contributed by atoms with Gasteiger partial charge >= 0.3 is 0 Å². The summed E-state index contributed by atoms with van der Waals surface area (Å²) in [7, 11) is 0. The normalized spacial score (nSPS) is 10.4. The number of ether oxygens (including phenoxy) is 1. The molecule has 0 aromatic heterocycles. The fourth-order valence-electron chi connectivity index (χ4n) is 1.66. The second-order valence-corrected chi connectivity index (χ2v) is 4.46. The lowest BCUT2D eigenvalue weighted by Crippen LogP contribution is -2.10. The Morgan fingerprint density at radius 2 is 1.79 bits per heavy atom. The molecule has 0 aliphatic carbocycles. The van der Waals surface area contributed by atoms with Crippen molar-refractivity contribution < 1.29 is 9.13 Å². The summed E-state index contributed by atoms with van der Waals surface area (Å²) in [4.78, 5) is 0. The number of rotatable bonds is 6. The molecule has 0 saturated carbocycles. The molecule has 0 aliphatic heterocycles. The van der Waals surface area contributed by atoms with Crippen molar-refractivity contribution >= 4 is 17.3 Å². The molecule has 0 spiro atoms. The van der Waals surface area contributed by atoms with Crippen LogP contribution in [0.25, 0.3) is 0 Å². The zero-order valence-corrected chi connectivity index (χ0v) is 11.2. The van der Waals surface area contributed by atoms with Crippen molar-refractivity contribution in [3.05, 3.63) is 64.9 Å². The molecule has 0 atom stereocenters. The Balaban J connectivity index is 1.71. The average molecular weight is 280 g/mol. The van der Waals surface area contributed by atoms with Gasteiger partial charge in [0.05, 0.1) is 23.9 Å². The molecule has 0 aliphatic rings. The summed E-state index contributed by atoms with van der Waals surface area (Å²) < 4.78 is 18.7. The molecular weight excluding hydrogens is 265 g/mol. The van der Waals surface area contributed by atoms with Crippen molar-refractivity contribution in [3.8, 4) is 0 Å². The minimum absolute atomic E-state index is 0.235. The number of nitrogens with one attached hydrogen (secondary N) is 1. The quantitative estimate of drug-likeness (QED) is 0.804. The van der Waals surface area contributed by atoms with Gasteiger partial charge in [-0.2, -0.15) is 0 Å². The fraction of sp³-hybridized carbons (Fsp3) is 0.200. The van der Waals surface area contributed by atoms with Gasteiger partial charge in [0, 0.05) is 12.1 Å². The maximum Gasteiger partial charge on any atom is 0.128 e. The molecule has 0 heterocycles. The third-order valence-corrected chi connectivity index (χ3v) is 2.98. The first-order chi connectivity index (χ1) is 9.27. The maximum atomic E-state index is 13.3. The van der Waals surface area contributed by atoms with E-state index in [9.17, 15) is 4.39 Å². The summed E-state index contributed by atoms with van der Waals surface area (Å²) >= 11 is 6.00. The van der Waals surface area contributed by atoms with Crippen molar-refractivity contribution in [1.29, 1.82) is 0 Å². The van der Waals surface area contributed by atoms with E-state index in [1.807, 2.05) is 24.3 Å². The van der Waals surface area contributed by atoms with Crippen LogP contribution in [0.3, 0.4) is 0 Å². The first-order valence-corrected chi connectivity index (χ1v) is 6.45. The fourth-order valence-corrected chi connectivity index (χ4v) is 1.86. The van der Waals surface area contributed by atoms with E-state index >= 15 is 0 Å². The lowest BCUT2D eigenvalue weighted by molar-refractivity contribution is 0.128. The minimum Gasteiger partial charge on any atom is -0.382 e. The number of halogens is 2. The molecule has 0 saturated heterocycles. The van der Waals surface area contributed by atoms with E-state index in [1.54, 1.807) is 18.2 Å². The Hall–Kier alpha value is -1.58. The van der Waals surface area contributed by atoms with E-state index in [0.29, 0.717) is 23.7 Å². The number of anilines is 1. The Morgan fingerprint density at radius 3 is 2.58 bits per heavy atom. The minimum atomic E-state index is -0.235. The van der Waals surface area contributed by atoms with Crippen LogP contribution in [0.2, 0.25) is 5.02 Å². The van der Waals surface area contributed by atoms with Gasteiger partial charge < -0.3 is 10.1 Å². The van der Waals surface area contributed by atoms with Crippen molar-refractivity contribution in [1.82, 2.24) is 0 Å². The Labute approximate surface area is 117 Å². The van der Waals surface area contributed by atoms with Crippen molar-refractivity contribution in [2.45, 2.75) is 6.61 Å². The highest BCUT2D eigenvalue weighted by Gasteiger charge is 2.00. The summed E-state index contributed by atoms with van der Waals surface area (Å²) in [6.45, 7) is 1.38. The van der Waals surface area contributed by atoms with Crippen LogP contribution in [0.15, 0.2) is 48.5 Å². The van der Waals surface area contributed by atoms with Crippen LogP contribution in [0.4, 0.5) is 10.1 Å². The van der Waals surface area contributed by atoms with E-state index in [0.717, 1.165) is 5.69 Å². The average Bonchev–Trinajstić information content (AvgIpc) is 2.42. The van der Waals surface area contributed by atoms with E-state index in [2.05, 4.69) is 5.32 Å². The molecule has 0 fully saturated rings. The number of hydrogen-bond donors (Lipinski definition) is 1. The van der Waals surface area contributed by atoms with Crippen LogP contribution in [-0.2, 0) is 11.3 Å². The van der Waals surface area contributed by atoms with Gasteiger partial charge in [-0.25, -0.2) is 4.39 Å². The van der Waals surface area contributed by atoms with Gasteiger partial charge in [0.2, 0.25) is 0 Å². The molecule has 100 valence electrons. The molecule has 0 bridgehead atoms. The highest BCUT2D eigenvalue weighted by atomic mass is 35.5. The van der Waals surface area contributed by atoms with Crippen molar-refractivity contribution in [3.63, 3.8) is 0 Å². The van der Waals surface area contributed by atoms with Crippen LogP contribution >= 0.6 is 11.6 Å². The molecule has 19 heavy (non-hydrogen) atoms. The lowest BCUT2D eigenvalue weighted by Gasteiger charge is -2.09. The van der Waals surface area contributed by atoms with Crippen molar-refractivity contribution in [2.75, 3.05) is 18.5 Å². The first kappa shape index (κ1) is 13.8. The maximum absolute atomic E-state index is 13.3. The zero-order valence-electron chi connectivity index (χ0n) is 10.4. The molecule has 0 unspecified atom stereocenters. The highest BCUT2D eigenvalue weighted by Crippen LogP contribution is 2.19. The molecular formula is C15H15ClFNO. The topological polar surface area (TPSA) is 21.3 Å². The molecule has 2 nitrogen and oxygen atoms in total. The lowest BCUT2D eigenvalue weighted by atomic mass is 10.2. The Kier molecular flexibility index (Phi) is 5.19. The third kappa shape index (κ3) is 4.23. The predicted molar refractivity (Wildman–Crippen MR) is 76.0 cm³/mol. The second-order valence-electron chi connectivity index (χ2n) is 4.05. The van der Waals surface area contributed by atoms with Crippen LogP contribution in [0.1, 0.15) is 5.56 Å². The number of benzene rings is 2. The Bertz CT molecular complexity index is 486. The van der Waals surface area contributed by atoms with Gasteiger partial charge in [-0.05, 0) is 18.2 Å². The molecule has 2 aromatic rings. The van der Waals surface area contributed by atoms with Gasteiger partial charge in [-0.1, -0.05) is 41.9 Å². The van der Waals surface area contributed by atoms with Gasteiger partial charge in [-0.15, -0.1) is 0 Å². The molecule has 0 amide bonds. The van der Waals surface area contributed by atoms with Gasteiger partial charge in [0.15, 0.2) is 0 Å². The number of hydrogen-bond acceptors (Lipinski definition) is 2. The third-order valence-electron chi connectivity index (χ3n) is 2.65. The zero-order chi connectivity index (χ0) is 13.5. The van der Waals surface area contributed by atoms with E-state index < -0.39 is 0 Å². The van der Waals surface area contributed by atoms with Crippen LogP contribution in [0, 0.1) is 5.82 Å². The first-order valence-electron chi connectivity index (χ1n) is 6.07. The van der Waals surface area contributed by atoms with Gasteiger partial charge in [0.1, 0.15) is 5.82 Å². The van der Waals surface area contributed by atoms with Crippen LogP contribution in [-0.4, -0.2) is 13.2 Å². The highest BCUT2D eigenvalue weighted by molar-refractivity contribution is 6.33. The summed E-state index contributed by atoms with van der Waals surface area (Å²) in [6.07, 6.45) is 0. The van der Waals surface area contributed by atoms with E-state index in [1.165, 1.54) is 6.07 Å². The molecule has 1 N–H and O–H groups in total. The molecule has 0 radical (unpaired) electrons. The van der Waals surface area contributed by atoms with Gasteiger partial charge in [0.25, 0.3) is 0 Å². The smallest absolute Gasteiger partial charge is 0.128 e. The molecule has 2 aromatic carbocycles. The monoisotopic (exact) mass is 279 g/mol. The van der Waals surface area contributed by atoms with Crippen LogP contribution < -0.4 is 5.32 Å². The second kappa shape index (κ2) is 7.12. The summed E-state index contributed by atoms with van der Waals surface area (Å²) in [6, 6.07) is 14.1. The van der Waals surface area contributed by atoms with Crippen LogP contribution in [0.5, 0.6) is 0 Å². The summed E-state index contributed by atoms with van der Waals surface area (Å²) in [5.74, 6) is -0.235. The number of para-hydroxylation sites is 1. The summed E-state index contributed by atoms with van der Waals surface area (Å²) in [5.41, 5.74) is 1.44. The van der Waals surface area contributed by atoms with Gasteiger partial charge in [-0.3, -0.25) is 0 Å². The SMILES string of the molecule is Fc1ccccc1COCCNc1ccccc1Cl. The molecule has 4 heteroatoms.